The fraction of sp³-hybridized carbons (Fsp3) is 0.375. The van der Waals surface area contributed by atoms with E-state index < -0.39 is 6.10 Å². The number of hydrogen-bond donors (Lipinski definition) is 1. The summed E-state index contributed by atoms with van der Waals surface area (Å²) in [6.45, 7) is 4.36. The Labute approximate surface area is 123 Å². The van der Waals surface area contributed by atoms with Crippen molar-refractivity contribution in [1.29, 1.82) is 0 Å². The molecule has 0 bridgehead atoms. The monoisotopic (exact) mass is 289 g/mol. The molecule has 5 heteroatoms. The summed E-state index contributed by atoms with van der Waals surface area (Å²) in [5.41, 5.74) is 1.65. The first-order chi connectivity index (χ1) is 10.1. The second-order valence-corrected chi connectivity index (χ2v) is 4.62. The SMILES string of the molecule is CCOC(=O)C(Cc1cnc2ccc(O)cc2c1)OCC. The molecule has 21 heavy (non-hydrogen) atoms. The maximum absolute atomic E-state index is 11.8. The number of carbonyl (C=O) groups is 1. The molecule has 0 aliphatic rings. The maximum Gasteiger partial charge on any atom is 0.335 e. The molecule has 1 aromatic heterocycles. The molecule has 0 aliphatic heterocycles. The van der Waals surface area contributed by atoms with E-state index in [1.165, 1.54) is 0 Å². The Bertz CT molecular complexity index is 627. The lowest BCUT2D eigenvalue weighted by molar-refractivity contribution is -0.156. The fourth-order valence-corrected chi connectivity index (χ4v) is 2.14. The molecule has 0 radical (unpaired) electrons. The number of nitrogens with zero attached hydrogens (tertiary/aromatic N) is 1. The highest BCUT2D eigenvalue weighted by molar-refractivity contribution is 5.81. The van der Waals surface area contributed by atoms with Gasteiger partial charge in [0.05, 0.1) is 12.1 Å². The number of pyridine rings is 1. The first kappa shape index (κ1) is 15.3. The number of phenolic OH excluding ortho intramolecular Hbond substituents is 1. The predicted molar refractivity (Wildman–Crippen MR) is 79.2 cm³/mol. The number of rotatable bonds is 6. The van der Waals surface area contributed by atoms with E-state index in [-0.39, 0.29) is 11.7 Å². The third kappa shape index (κ3) is 3.92. The van der Waals surface area contributed by atoms with Crippen LogP contribution in [0.1, 0.15) is 19.4 Å². The largest absolute Gasteiger partial charge is 0.508 e. The van der Waals surface area contributed by atoms with E-state index in [0.29, 0.717) is 19.6 Å². The van der Waals surface area contributed by atoms with Gasteiger partial charge in [-0.15, -0.1) is 0 Å². The van der Waals surface area contributed by atoms with Crippen LogP contribution in [0.2, 0.25) is 0 Å². The molecule has 1 aromatic carbocycles. The Morgan fingerprint density at radius 1 is 1.29 bits per heavy atom. The zero-order chi connectivity index (χ0) is 15.2. The summed E-state index contributed by atoms with van der Waals surface area (Å²) in [6.07, 6.45) is 1.47. The van der Waals surface area contributed by atoms with Crippen molar-refractivity contribution in [3.63, 3.8) is 0 Å². The van der Waals surface area contributed by atoms with Crippen molar-refractivity contribution in [2.75, 3.05) is 13.2 Å². The second kappa shape index (κ2) is 7.04. The number of aromatic nitrogens is 1. The average molecular weight is 289 g/mol. The number of ether oxygens (including phenoxy) is 2. The molecule has 1 heterocycles. The molecule has 0 saturated heterocycles. The van der Waals surface area contributed by atoms with Crippen LogP contribution in [0.15, 0.2) is 30.5 Å². The van der Waals surface area contributed by atoms with E-state index in [1.54, 1.807) is 31.3 Å². The van der Waals surface area contributed by atoms with Crippen LogP contribution in [-0.4, -0.2) is 35.4 Å². The highest BCUT2D eigenvalue weighted by atomic mass is 16.6. The maximum atomic E-state index is 11.8. The molecule has 2 aromatic rings. The normalized spacial score (nSPS) is 12.3. The van der Waals surface area contributed by atoms with Gasteiger partial charge in [0.2, 0.25) is 0 Å². The van der Waals surface area contributed by atoms with Crippen molar-refractivity contribution >= 4 is 16.9 Å². The second-order valence-electron chi connectivity index (χ2n) is 4.62. The predicted octanol–water partition coefficient (Wildman–Crippen LogP) is 2.45. The zero-order valence-electron chi connectivity index (χ0n) is 12.2. The summed E-state index contributed by atoms with van der Waals surface area (Å²) in [4.78, 5) is 16.2. The molecule has 1 N–H and O–H groups in total. The highest BCUT2D eigenvalue weighted by Crippen LogP contribution is 2.20. The molecule has 112 valence electrons. The molecule has 0 spiro atoms. The summed E-state index contributed by atoms with van der Waals surface area (Å²) in [5.74, 6) is -0.177. The Kier molecular flexibility index (Phi) is 5.11. The minimum absolute atomic E-state index is 0.188. The van der Waals surface area contributed by atoms with E-state index in [4.69, 9.17) is 9.47 Å². The molecule has 1 unspecified atom stereocenters. The van der Waals surface area contributed by atoms with Gasteiger partial charge in [0.15, 0.2) is 6.10 Å². The number of phenols is 1. The van der Waals surface area contributed by atoms with Gasteiger partial charge in [-0.2, -0.15) is 0 Å². The van der Waals surface area contributed by atoms with Crippen LogP contribution in [0.5, 0.6) is 5.75 Å². The molecular weight excluding hydrogens is 270 g/mol. The summed E-state index contributed by atoms with van der Waals surface area (Å²) in [7, 11) is 0. The first-order valence-corrected chi connectivity index (χ1v) is 7.00. The number of benzene rings is 1. The van der Waals surface area contributed by atoms with Crippen LogP contribution in [-0.2, 0) is 20.7 Å². The molecule has 0 aliphatic carbocycles. The summed E-state index contributed by atoms with van der Waals surface area (Å²) in [6, 6.07) is 6.88. The third-order valence-corrected chi connectivity index (χ3v) is 3.06. The molecule has 0 saturated carbocycles. The molecular formula is C16H19NO4. The lowest BCUT2D eigenvalue weighted by atomic mass is 10.1. The van der Waals surface area contributed by atoms with E-state index >= 15 is 0 Å². The lowest BCUT2D eigenvalue weighted by Gasteiger charge is -2.15. The van der Waals surface area contributed by atoms with Crippen molar-refractivity contribution in [2.45, 2.75) is 26.4 Å². The molecule has 0 fully saturated rings. The Morgan fingerprint density at radius 2 is 2.10 bits per heavy atom. The standard InChI is InChI=1S/C16H19NO4/c1-3-20-15(16(19)21-4-2)8-11-7-12-9-13(18)5-6-14(12)17-10-11/h5-7,9-10,15,18H,3-4,8H2,1-2H3. The minimum atomic E-state index is -0.633. The third-order valence-electron chi connectivity index (χ3n) is 3.06. The van der Waals surface area contributed by atoms with Gasteiger partial charge >= 0.3 is 5.97 Å². The quantitative estimate of drug-likeness (QED) is 0.827. The molecule has 0 amide bonds. The summed E-state index contributed by atoms with van der Waals surface area (Å²) >= 11 is 0. The van der Waals surface area contributed by atoms with Crippen LogP contribution >= 0.6 is 0 Å². The molecule has 1 atom stereocenters. The van der Waals surface area contributed by atoms with Gasteiger partial charge in [-0.25, -0.2) is 4.79 Å². The first-order valence-electron chi connectivity index (χ1n) is 7.00. The van der Waals surface area contributed by atoms with Gasteiger partial charge in [-0.3, -0.25) is 4.98 Å². The van der Waals surface area contributed by atoms with E-state index in [0.717, 1.165) is 16.5 Å². The summed E-state index contributed by atoms with van der Waals surface area (Å²) < 4.78 is 10.5. The van der Waals surface area contributed by atoms with Gasteiger partial charge < -0.3 is 14.6 Å². The van der Waals surface area contributed by atoms with Crippen LogP contribution in [0.25, 0.3) is 10.9 Å². The Hall–Kier alpha value is -2.14. The van der Waals surface area contributed by atoms with Gasteiger partial charge in [0.25, 0.3) is 0 Å². The van der Waals surface area contributed by atoms with Crippen molar-refractivity contribution in [2.24, 2.45) is 0 Å². The van der Waals surface area contributed by atoms with E-state index in [9.17, 15) is 9.90 Å². The number of hydrogen-bond acceptors (Lipinski definition) is 5. The smallest absolute Gasteiger partial charge is 0.335 e. The van der Waals surface area contributed by atoms with Crippen molar-refractivity contribution < 1.29 is 19.4 Å². The van der Waals surface area contributed by atoms with Crippen LogP contribution < -0.4 is 0 Å². The highest BCUT2D eigenvalue weighted by Gasteiger charge is 2.20. The van der Waals surface area contributed by atoms with E-state index in [1.807, 2.05) is 13.0 Å². The Balaban J connectivity index is 2.21. The van der Waals surface area contributed by atoms with Gasteiger partial charge in [-0.1, -0.05) is 0 Å². The summed E-state index contributed by atoms with van der Waals surface area (Å²) in [5, 5.41) is 10.3. The van der Waals surface area contributed by atoms with Crippen LogP contribution in [0.4, 0.5) is 0 Å². The van der Waals surface area contributed by atoms with E-state index in [2.05, 4.69) is 4.98 Å². The molecule has 5 nitrogen and oxygen atoms in total. The topological polar surface area (TPSA) is 68.7 Å². The fourth-order valence-electron chi connectivity index (χ4n) is 2.14. The van der Waals surface area contributed by atoms with Gasteiger partial charge in [0, 0.05) is 24.6 Å². The lowest BCUT2D eigenvalue weighted by Crippen LogP contribution is -2.29. The zero-order valence-corrected chi connectivity index (χ0v) is 12.2. The number of esters is 1. The number of aromatic hydroxyl groups is 1. The molecule has 2 rings (SSSR count). The van der Waals surface area contributed by atoms with Gasteiger partial charge in [0.1, 0.15) is 5.75 Å². The van der Waals surface area contributed by atoms with Crippen molar-refractivity contribution in [3.05, 3.63) is 36.0 Å². The minimum Gasteiger partial charge on any atom is -0.508 e. The van der Waals surface area contributed by atoms with Crippen molar-refractivity contribution in [1.82, 2.24) is 4.98 Å². The van der Waals surface area contributed by atoms with Crippen LogP contribution in [0, 0.1) is 0 Å². The average Bonchev–Trinajstić information content (AvgIpc) is 2.46. The van der Waals surface area contributed by atoms with Crippen molar-refractivity contribution in [3.8, 4) is 5.75 Å². The Morgan fingerprint density at radius 3 is 2.81 bits per heavy atom. The number of fused-ring (bicyclic) bond motifs is 1. The van der Waals surface area contributed by atoms with Crippen LogP contribution in [0.3, 0.4) is 0 Å². The number of carbonyl (C=O) groups excluding carboxylic acids is 1. The van der Waals surface area contributed by atoms with Gasteiger partial charge in [-0.05, 0) is 43.7 Å².